The Morgan fingerprint density at radius 1 is 1.13 bits per heavy atom. The van der Waals surface area contributed by atoms with Gasteiger partial charge in [0.25, 0.3) is 11.5 Å². The summed E-state index contributed by atoms with van der Waals surface area (Å²) in [5, 5.41) is 1.02. The summed E-state index contributed by atoms with van der Waals surface area (Å²) in [6, 6.07) is 10.7. The highest BCUT2D eigenvalue weighted by Crippen LogP contribution is 2.23. The van der Waals surface area contributed by atoms with Crippen LogP contribution in [0.3, 0.4) is 0 Å². The van der Waals surface area contributed by atoms with Gasteiger partial charge in [-0.1, -0.05) is 11.6 Å². The van der Waals surface area contributed by atoms with Gasteiger partial charge in [0.2, 0.25) is 0 Å². The first-order valence-electron chi connectivity index (χ1n) is 10.4. The van der Waals surface area contributed by atoms with Crippen LogP contribution in [0.25, 0.3) is 10.9 Å². The highest BCUT2D eigenvalue weighted by atomic mass is 35.5. The van der Waals surface area contributed by atoms with E-state index in [1.807, 2.05) is 13.8 Å². The van der Waals surface area contributed by atoms with Crippen molar-refractivity contribution >= 4 is 28.4 Å². The fourth-order valence-corrected chi connectivity index (χ4v) is 4.26. The maximum absolute atomic E-state index is 13.1. The fraction of sp³-hybridized carbons (Fsp3) is 0.348. The van der Waals surface area contributed by atoms with Crippen molar-refractivity contribution in [3.05, 3.63) is 75.0 Å². The summed E-state index contributed by atoms with van der Waals surface area (Å²) in [7, 11) is 0. The van der Waals surface area contributed by atoms with E-state index in [1.165, 1.54) is 24.3 Å². The molecule has 0 bridgehead atoms. The summed E-state index contributed by atoms with van der Waals surface area (Å²) in [4.78, 5) is 34.5. The molecule has 8 heteroatoms. The number of benzene rings is 2. The number of aromatic nitrogens is 2. The van der Waals surface area contributed by atoms with Crippen molar-refractivity contribution in [1.82, 2.24) is 19.4 Å². The lowest BCUT2D eigenvalue weighted by atomic mass is 10.1. The smallest absolute Gasteiger partial charge is 0.261 e. The summed E-state index contributed by atoms with van der Waals surface area (Å²) < 4.78 is 14.8. The number of nitrogens with zero attached hydrogens (tertiary/aromatic N) is 4. The van der Waals surface area contributed by atoms with Crippen LogP contribution >= 0.6 is 11.6 Å². The molecule has 3 aromatic rings. The van der Waals surface area contributed by atoms with E-state index in [-0.39, 0.29) is 23.3 Å². The number of rotatable bonds is 4. The molecule has 1 aliphatic rings. The second kappa shape index (κ2) is 8.77. The molecule has 0 N–H and O–H groups in total. The normalized spacial score (nSPS) is 15.9. The van der Waals surface area contributed by atoms with Crippen LogP contribution in [0.15, 0.2) is 47.3 Å². The van der Waals surface area contributed by atoms with Gasteiger partial charge in [-0.25, -0.2) is 9.37 Å². The van der Waals surface area contributed by atoms with Gasteiger partial charge in [-0.15, -0.1) is 0 Å². The summed E-state index contributed by atoms with van der Waals surface area (Å²) >= 11 is 6.07. The molecule has 2 heterocycles. The van der Waals surface area contributed by atoms with E-state index >= 15 is 0 Å². The first-order chi connectivity index (χ1) is 14.9. The predicted molar refractivity (Wildman–Crippen MR) is 119 cm³/mol. The van der Waals surface area contributed by atoms with Crippen LogP contribution in [0.4, 0.5) is 4.39 Å². The zero-order valence-corrected chi connectivity index (χ0v) is 18.3. The molecule has 31 heavy (non-hydrogen) atoms. The van der Waals surface area contributed by atoms with E-state index < -0.39 is 0 Å². The number of carbonyl (C=O) groups is 1. The molecule has 0 spiro atoms. The van der Waals surface area contributed by atoms with Gasteiger partial charge in [0.05, 0.1) is 16.9 Å². The third-order valence-electron chi connectivity index (χ3n) is 5.88. The molecule has 1 fully saturated rings. The molecule has 0 aliphatic carbocycles. The molecule has 4 rings (SSSR count). The van der Waals surface area contributed by atoms with E-state index in [2.05, 4.69) is 4.90 Å². The lowest BCUT2D eigenvalue weighted by Gasteiger charge is -2.38. The van der Waals surface area contributed by atoms with Gasteiger partial charge in [0, 0.05) is 43.3 Å². The van der Waals surface area contributed by atoms with Gasteiger partial charge in [0.1, 0.15) is 11.6 Å². The highest BCUT2D eigenvalue weighted by Gasteiger charge is 2.28. The van der Waals surface area contributed by atoms with Gasteiger partial charge in [-0.2, -0.15) is 0 Å². The minimum Gasteiger partial charge on any atom is -0.336 e. The average Bonchev–Trinajstić information content (AvgIpc) is 2.79. The molecule has 1 saturated heterocycles. The van der Waals surface area contributed by atoms with Crippen molar-refractivity contribution < 1.29 is 9.18 Å². The van der Waals surface area contributed by atoms with Crippen LogP contribution in [0.1, 0.15) is 36.1 Å². The Hall–Kier alpha value is -2.77. The number of fused-ring (bicyclic) bond motifs is 1. The molecule has 1 aromatic heterocycles. The molecule has 1 unspecified atom stereocenters. The van der Waals surface area contributed by atoms with E-state index in [0.29, 0.717) is 60.0 Å². The van der Waals surface area contributed by atoms with Crippen molar-refractivity contribution in [2.75, 3.05) is 26.2 Å². The third kappa shape index (κ3) is 4.20. The summed E-state index contributed by atoms with van der Waals surface area (Å²) in [6.45, 7) is 6.90. The Morgan fingerprint density at radius 2 is 1.81 bits per heavy atom. The predicted octanol–water partition coefficient (Wildman–Crippen LogP) is 3.73. The van der Waals surface area contributed by atoms with Crippen LogP contribution in [0.5, 0.6) is 0 Å². The van der Waals surface area contributed by atoms with Gasteiger partial charge in [-0.05, 0) is 56.3 Å². The highest BCUT2D eigenvalue weighted by molar-refractivity contribution is 6.31. The maximum atomic E-state index is 13.1. The molecular weight excluding hydrogens is 419 g/mol. The molecule has 1 atom stereocenters. The summed E-state index contributed by atoms with van der Waals surface area (Å²) in [5.41, 5.74) is 1.02. The molecule has 2 aromatic carbocycles. The number of piperazine rings is 1. The van der Waals surface area contributed by atoms with Crippen LogP contribution in [0.2, 0.25) is 5.02 Å². The monoisotopic (exact) mass is 442 g/mol. The van der Waals surface area contributed by atoms with Crippen molar-refractivity contribution in [2.24, 2.45) is 0 Å². The van der Waals surface area contributed by atoms with E-state index in [9.17, 15) is 14.0 Å². The minimum absolute atomic E-state index is 0.0872. The van der Waals surface area contributed by atoms with Crippen molar-refractivity contribution in [1.29, 1.82) is 0 Å². The second-order valence-corrected chi connectivity index (χ2v) is 8.13. The molecule has 162 valence electrons. The quantitative estimate of drug-likeness (QED) is 0.617. The lowest BCUT2D eigenvalue weighted by Crippen LogP contribution is -2.50. The molecule has 1 aliphatic heterocycles. The lowest BCUT2D eigenvalue weighted by molar-refractivity contribution is 0.0571. The van der Waals surface area contributed by atoms with Crippen LogP contribution in [-0.2, 0) is 6.54 Å². The molecule has 1 amide bonds. The van der Waals surface area contributed by atoms with Crippen molar-refractivity contribution in [3.8, 4) is 0 Å². The number of amides is 1. The third-order valence-corrected chi connectivity index (χ3v) is 6.11. The van der Waals surface area contributed by atoms with Crippen LogP contribution in [-0.4, -0.2) is 51.4 Å². The van der Waals surface area contributed by atoms with E-state index in [4.69, 9.17) is 16.6 Å². The second-order valence-electron chi connectivity index (χ2n) is 7.69. The largest absolute Gasteiger partial charge is 0.336 e. The van der Waals surface area contributed by atoms with Crippen LogP contribution < -0.4 is 5.56 Å². The van der Waals surface area contributed by atoms with Gasteiger partial charge < -0.3 is 4.90 Å². The Bertz CT molecular complexity index is 1170. The zero-order valence-electron chi connectivity index (χ0n) is 17.5. The summed E-state index contributed by atoms with van der Waals surface area (Å²) in [6.07, 6.45) is 0. The summed E-state index contributed by atoms with van der Waals surface area (Å²) in [5.74, 6) is 0.251. The van der Waals surface area contributed by atoms with Gasteiger partial charge in [-0.3, -0.25) is 19.1 Å². The van der Waals surface area contributed by atoms with Gasteiger partial charge >= 0.3 is 0 Å². The average molecular weight is 443 g/mol. The number of hydrogen-bond acceptors (Lipinski definition) is 4. The SMILES string of the molecule is CCn1c(C(C)N2CCN(C(=O)c3ccc(F)cc3)CC2)nc2ccc(Cl)cc2c1=O. The Balaban J connectivity index is 1.53. The Morgan fingerprint density at radius 3 is 2.45 bits per heavy atom. The number of carbonyl (C=O) groups excluding carboxylic acids is 1. The van der Waals surface area contributed by atoms with E-state index in [1.54, 1.807) is 27.7 Å². The Kier molecular flexibility index (Phi) is 6.07. The number of halogens is 2. The van der Waals surface area contributed by atoms with Crippen LogP contribution in [0, 0.1) is 5.82 Å². The fourth-order valence-electron chi connectivity index (χ4n) is 4.09. The molecular formula is C23H24ClFN4O2. The molecule has 0 radical (unpaired) electrons. The van der Waals surface area contributed by atoms with Crippen molar-refractivity contribution in [3.63, 3.8) is 0 Å². The Labute approximate surface area is 184 Å². The topological polar surface area (TPSA) is 58.4 Å². The first kappa shape index (κ1) is 21.5. The standard InChI is InChI=1S/C23H24ClFN4O2/c1-3-29-21(26-20-9-6-17(24)14-19(20)23(29)31)15(2)27-10-12-28(13-11-27)22(30)16-4-7-18(25)8-5-16/h4-9,14-15H,3,10-13H2,1-2H3. The van der Waals surface area contributed by atoms with Gasteiger partial charge in [0.15, 0.2) is 0 Å². The van der Waals surface area contributed by atoms with E-state index in [0.717, 1.165) is 0 Å². The molecule has 0 saturated carbocycles. The minimum atomic E-state index is -0.359. The zero-order chi connectivity index (χ0) is 22.1. The molecule has 6 nitrogen and oxygen atoms in total. The number of hydrogen-bond donors (Lipinski definition) is 0. The van der Waals surface area contributed by atoms with Crippen molar-refractivity contribution in [2.45, 2.75) is 26.4 Å². The first-order valence-corrected chi connectivity index (χ1v) is 10.8. The maximum Gasteiger partial charge on any atom is 0.261 e.